The van der Waals surface area contributed by atoms with Crippen LogP contribution in [0.4, 0.5) is 0 Å². The monoisotopic (exact) mass is 273 g/mol. The van der Waals surface area contributed by atoms with E-state index in [9.17, 15) is 5.11 Å². The summed E-state index contributed by atoms with van der Waals surface area (Å²) in [7, 11) is 0. The van der Waals surface area contributed by atoms with Gasteiger partial charge in [-0.3, -0.25) is 0 Å². The molecule has 84 valence electrons. The molecule has 1 aromatic heterocycles. The van der Waals surface area contributed by atoms with Crippen molar-refractivity contribution in [2.24, 2.45) is 0 Å². The lowest BCUT2D eigenvalue weighted by atomic mass is 10.1. The number of aliphatic hydroxyl groups is 1. The molecule has 0 bridgehead atoms. The summed E-state index contributed by atoms with van der Waals surface area (Å²) in [5.41, 5.74) is 1.33. The summed E-state index contributed by atoms with van der Waals surface area (Å²) in [6, 6.07) is 5.07. The average molecular weight is 274 g/mol. The van der Waals surface area contributed by atoms with Crippen molar-refractivity contribution < 1.29 is 5.11 Å². The van der Waals surface area contributed by atoms with Crippen molar-refractivity contribution in [2.75, 3.05) is 0 Å². The number of halogens is 2. The molecular formula is C11H9Cl2NOS. The van der Waals surface area contributed by atoms with Gasteiger partial charge in [0, 0.05) is 5.38 Å². The van der Waals surface area contributed by atoms with Crippen LogP contribution in [0, 0.1) is 6.92 Å². The molecule has 0 radical (unpaired) electrons. The lowest BCUT2D eigenvalue weighted by molar-refractivity contribution is 0.216. The van der Waals surface area contributed by atoms with Crippen LogP contribution in [0.1, 0.15) is 22.4 Å². The molecule has 1 aromatic carbocycles. The summed E-state index contributed by atoms with van der Waals surface area (Å²) in [4.78, 5) is 4.23. The van der Waals surface area contributed by atoms with Gasteiger partial charge in [0.15, 0.2) is 0 Å². The van der Waals surface area contributed by atoms with Crippen LogP contribution in [0.25, 0.3) is 0 Å². The van der Waals surface area contributed by atoms with Gasteiger partial charge in [-0.15, -0.1) is 11.3 Å². The maximum absolute atomic E-state index is 10.1. The maximum Gasteiger partial charge on any atom is 0.122 e. The Balaban J connectivity index is 2.33. The summed E-state index contributed by atoms with van der Waals surface area (Å²) < 4.78 is 0. The van der Waals surface area contributed by atoms with Crippen LogP contribution in [0.15, 0.2) is 23.6 Å². The Morgan fingerprint density at radius 1 is 1.31 bits per heavy atom. The van der Waals surface area contributed by atoms with Crippen molar-refractivity contribution in [2.45, 2.75) is 13.0 Å². The van der Waals surface area contributed by atoms with Gasteiger partial charge in [0.1, 0.15) is 6.10 Å². The Kier molecular flexibility index (Phi) is 3.50. The molecule has 0 saturated carbocycles. The number of aliphatic hydroxyl groups excluding tert-OH is 1. The number of benzene rings is 1. The molecule has 2 rings (SSSR count). The second-order valence-electron chi connectivity index (χ2n) is 3.37. The van der Waals surface area contributed by atoms with Gasteiger partial charge in [0.2, 0.25) is 0 Å². The second kappa shape index (κ2) is 4.72. The minimum atomic E-state index is -0.750. The van der Waals surface area contributed by atoms with Crippen molar-refractivity contribution in [1.29, 1.82) is 0 Å². The first kappa shape index (κ1) is 11.9. The van der Waals surface area contributed by atoms with Gasteiger partial charge >= 0.3 is 0 Å². The van der Waals surface area contributed by atoms with E-state index < -0.39 is 6.10 Å². The quantitative estimate of drug-likeness (QED) is 0.902. The van der Waals surface area contributed by atoms with Gasteiger partial charge in [-0.25, -0.2) is 4.98 Å². The molecule has 5 heteroatoms. The highest BCUT2D eigenvalue weighted by molar-refractivity contribution is 7.09. The SMILES string of the molecule is Cc1nc(C(O)c2ccc(Cl)c(Cl)c2)cs1. The Bertz CT molecular complexity index is 512. The third kappa shape index (κ3) is 2.38. The summed E-state index contributed by atoms with van der Waals surface area (Å²) in [5.74, 6) is 0. The van der Waals surface area contributed by atoms with Crippen LogP contribution < -0.4 is 0 Å². The lowest BCUT2D eigenvalue weighted by Crippen LogP contribution is -2.00. The Morgan fingerprint density at radius 3 is 2.62 bits per heavy atom. The number of rotatable bonds is 2. The van der Waals surface area contributed by atoms with E-state index in [1.54, 1.807) is 18.2 Å². The molecule has 0 aliphatic heterocycles. The van der Waals surface area contributed by atoms with Crippen LogP contribution in [0.3, 0.4) is 0 Å². The van der Waals surface area contributed by atoms with Crippen LogP contribution >= 0.6 is 34.5 Å². The number of nitrogens with zero attached hydrogens (tertiary/aromatic N) is 1. The van der Waals surface area contributed by atoms with Gasteiger partial charge in [0.25, 0.3) is 0 Å². The fourth-order valence-corrected chi connectivity index (χ4v) is 2.30. The molecule has 0 amide bonds. The van der Waals surface area contributed by atoms with Crippen molar-refractivity contribution in [3.05, 3.63) is 49.9 Å². The van der Waals surface area contributed by atoms with Crippen LogP contribution in [-0.4, -0.2) is 10.1 Å². The molecule has 1 N–H and O–H groups in total. The van der Waals surface area contributed by atoms with E-state index in [0.717, 1.165) is 5.01 Å². The Morgan fingerprint density at radius 2 is 2.06 bits per heavy atom. The molecule has 2 nitrogen and oxygen atoms in total. The van der Waals surface area contributed by atoms with E-state index in [2.05, 4.69) is 4.98 Å². The van der Waals surface area contributed by atoms with Crippen LogP contribution in [-0.2, 0) is 0 Å². The molecule has 0 aliphatic rings. The first-order valence-corrected chi connectivity index (χ1v) is 6.26. The summed E-state index contributed by atoms with van der Waals surface area (Å²) in [6.45, 7) is 1.90. The van der Waals surface area contributed by atoms with Gasteiger partial charge in [0.05, 0.1) is 20.7 Å². The van der Waals surface area contributed by atoms with Crippen molar-refractivity contribution in [1.82, 2.24) is 4.98 Å². The number of aromatic nitrogens is 1. The minimum Gasteiger partial charge on any atom is -0.382 e. The van der Waals surface area contributed by atoms with Crippen LogP contribution in [0.2, 0.25) is 10.0 Å². The topological polar surface area (TPSA) is 33.1 Å². The van der Waals surface area contributed by atoms with E-state index in [1.165, 1.54) is 11.3 Å². The number of hydrogen-bond acceptors (Lipinski definition) is 3. The molecule has 1 atom stereocenters. The largest absolute Gasteiger partial charge is 0.382 e. The zero-order valence-corrected chi connectivity index (χ0v) is 10.8. The molecule has 2 aromatic rings. The Labute approximate surface area is 107 Å². The lowest BCUT2D eigenvalue weighted by Gasteiger charge is -2.09. The van der Waals surface area contributed by atoms with Gasteiger partial charge in [-0.05, 0) is 24.6 Å². The number of thiazole rings is 1. The minimum absolute atomic E-state index is 0.435. The van der Waals surface area contributed by atoms with Gasteiger partial charge in [-0.1, -0.05) is 29.3 Å². The van der Waals surface area contributed by atoms with Crippen molar-refractivity contribution in [3.63, 3.8) is 0 Å². The van der Waals surface area contributed by atoms with E-state index >= 15 is 0 Å². The van der Waals surface area contributed by atoms with E-state index in [-0.39, 0.29) is 0 Å². The molecule has 0 spiro atoms. The summed E-state index contributed by atoms with van der Waals surface area (Å²) >= 11 is 13.2. The summed E-state index contributed by atoms with van der Waals surface area (Å²) in [5, 5.41) is 13.7. The zero-order valence-electron chi connectivity index (χ0n) is 8.45. The van der Waals surface area contributed by atoms with Gasteiger partial charge in [-0.2, -0.15) is 0 Å². The molecule has 1 unspecified atom stereocenters. The first-order valence-electron chi connectivity index (χ1n) is 4.63. The predicted octanol–water partition coefficient (Wildman–Crippen LogP) is 3.84. The molecule has 16 heavy (non-hydrogen) atoms. The smallest absolute Gasteiger partial charge is 0.122 e. The zero-order chi connectivity index (χ0) is 11.7. The first-order chi connectivity index (χ1) is 7.58. The van der Waals surface area contributed by atoms with E-state index in [1.807, 2.05) is 12.3 Å². The predicted molar refractivity (Wildman–Crippen MR) is 67.4 cm³/mol. The second-order valence-corrected chi connectivity index (χ2v) is 5.24. The molecule has 1 heterocycles. The van der Waals surface area contributed by atoms with Crippen LogP contribution in [0.5, 0.6) is 0 Å². The fourth-order valence-electron chi connectivity index (χ4n) is 1.36. The highest BCUT2D eigenvalue weighted by atomic mass is 35.5. The third-order valence-corrected chi connectivity index (χ3v) is 3.71. The molecule has 0 aliphatic carbocycles. The van der Waals surface area contributed by atoms with Gasteiger partial charge < -0.3 is 5.11 Å². The van der Waals surface area contributed by atoms with Crippen molar-refractivity contribution in [3.8, 4) is 0 Å². The molecular weight excluding hydrogens is 265 g/mol. The van der Waals surface area contributed by atoms with E-state index in [0.29, 0.717) is 21.3 Å². The maximum atomic E-state index is 10.1. The molecule has 0 saturated heterocycles. The number of aryl methyl sites for hydroxylation is 1. The highest BCUT2D eigenvalue weighted by Gasteiger charge is 2.14. The fraction of sp³-hybridized carbons (Fsp3) is 0.182. The standard InChI is InChI=1S/C11H9Cl2NOS/c1-6-14-10(5-16-6)11(15)7-2-3-8(12)9(13)4-7/h2-5,11,15H,1H3. The number of hydrogen-bond donors (Lipinski definition) is 1. The highest BCUT2D eigenvalue weighted by Crippen LogP contribution is 2.29. The van der Waals surface area contributed by atoms with E-state index in [4.69, 9.17) is 23.2 Å². The molecule has 0 fully saturated rings. The average Bonchev–Trinajstić information content (AvgIpc) is 2.68. The Hall–Kier alpha value is -0.610. The normalized spacial score (nSPS) is 12.8. The summed E-state index contributed by atoms with van der Waals surface area (Å²) in [6.07, 6.45) is -0.750. The van der Waals surface area contributed by atoms with Crippen molar-refractivity contribution >= 4 is 34.5 Å². The third-order valence-electron chi connectivity index (χ3n) is 2.18.